The van der Waals surface area contributed by atoms with E-state index in [0.717, 1.165) is 13.0 Å². The van der Waals surface area contributed by atoms with Crippen molar-refractivity contribution in [2.24, 2.45) is 5.92 Å². The lowest BCUT2D eigenvalue weighted by Crippen LogP contribution is -2.45. The first kappa shape index (κ1) is 16.9. The Labute approximate surface area is 121 Å². The maximum Gasteiger partial charge on any atom is 0.239 e. The molecule has 1 aliphatic heterocycles. The first-order valence-corrected chi connectivity index (χ1v) is 7.27. The number of nitrogens with one attached hydrogen (secondary N) is 2. The minimum atomic E-state index is -0.150. The molecule has 0 aromatic rings. The predicted molar refractivity (Wildman–Crippen MR) is 77.3 cm³/mol. The Morgan fingerprint density at radius 3 is 2.85 bits per heavy atom. The van der Waals surface area contributed by atoms with Gasteiger partial charge < -0.3 is 20.3 Å². The highest BCUT2D eigenvalue weighted by molar-refractivity contribution is 5.84. The lowest BCUT2D eigenvalue weighted by atomic mass is 9.90. The van der Waals surface area contributed by atoms with Crippen molar-refractivity contribution in [3.63, 3.8) is 0 Å². The van der Waals surface area contributed by atoms with E-state index >= 15 is 0 Å². The Morgan fingerprint density at radius 2 is 2.20 bits per heavy atom. The minimum absolute atomic E-state index is 0.0122. The van der Waals surface area contributed by atoms with Crippen LogP contribution in [0, 0.1) is 5.92 Å². The van der Waals surface area contributed by atoms with E-state index in [1.165, 1.54) is 11.3 Å². The molecule has 6 nitrogen and oxygen atoms in total. The van der Waals surface area contributed by atoms with Crippen LogP contribution in [0.25, 0.3) is 0 Å². The summed E-state index contributed by atoms with van der Waals surface area (Å²) in [6, 6.07) is 0.232. The molecule has 116 valence electrons. The van der Waals surface area contributed by atoms with Gasteiger partial charge in [-0.2, -0.15) is 0 Å². The predicted octanol–water partition coefficient (Wildman–Crippen LogP) is -0.0144. The molecule has 0 aliphatic carbocycles. The van der Waals surface area contributed by atoms with Gasteiger partial charge in [0.2, 0.25) is 11.8 Å². The monoisotopic (exact) mass is 285 g/mol. The summed E-state index contributed by atoms with van der Waals surface area (Å²) in [5.74, 6) is 0.373. The molecule has 0 aromatic heterocycles. The molecule has 0 bridgehead atoms. The van der Waals surface area contributed by atoms with Crippen molar-refractivity contribution < 1.29 is 14.3 Å². The maximum atomic E-state index is 12.1. The Hall–Kier alpha value is -1.14. The number of hydrogen-bond donors (Lipinski definition) is 2. The van der Waals surface area contributed by atoms with E-state index < -0.39 is 0 Å². The van der Waals surface area contributed by atoms with Crippen LogP contribution in [0.3, 0.4) is 0 Å². The summed E-state index contributed by atoms with van der Waals surface area (Å²) in [4.78, 5) is 25.2. The van der Waals surface area contributed by atoms with Gasteiger partial charge in [0.05, 0.1) is 13.2 Å². The molecule has 1 aliphatic rings. The van der Waals surface area contributed by atoms with Gasteiger partial charge in [0.25, 0.3) is 0 Å². The number of piperidine rings is 1. The highest BCUT2D eigenvalue weighted by Gasteiger charge is 2.25. The molecule has 1 saturated heterocycles. The average molecular weight is 285 g/mol. The molecule has 1 rings (SSSR count). The van der Waals surface area contributed by atoms with Gasteiger partial charge in [-0.15, -0.1) is 0 Å². The Bertz CT molecular complexity index is 323. The Balaban J connectivity index is 2.29. The number of methoxy groups -OCH3 is 1. The van der Waals surface area contributed by atoms with Crippen LogP contribution in [0.5, 0.6) is 0 Å². The summed E-state index contributed by atoms with van der Waals surface area (Å²) in [5.41, 5.74) is 0. The number of likely N-dealkylation sites (N-methyl/N-ethyl adjacent to an activating group) is 1. The average Bonchev–Trinajstić information content (AvgIpc) is 2.41. The third-order valence-corrected chi connectivity index (χ3v) is 3.76. The summed E-state index contributed by atoms with van der Waals surface area (Å²) in [7, 11) is 3.26. The summed E-state index contributed by atoms with van der Waals surface area (Å²) in [6.07, 6.45) is 2.79. The second-order valence-electron chi connectivity index (χ2n) is 5.48. The molecular formula is C14H27N3O3. The fourth-order valence-corrected chi connectivity index (χ4v) is 2.38. The van der Waals surface area contributed by atoms with Crippen LogP contribution < -0.4 is 10.6 Å². The number of ether oxygens (including phenoxy) is 1. The van der Waals surface area contributed by atoms with E-state index in [4.69, 9.17) is 4.74 Å². The van der Waals surface area contributed by atoms with Crippen LogP contribution >= 0.6 is 0 Å². The van der Waals surface area contributed by atoms with E-state index in [2.05, 4.69) is 17.6 Å². The highest BCUT2D eigenvalue weighted by atomic mass is 16.5. The van der Waals surface area contributed by atoms with E-state index in [0.29, 0.717) is 25.5 Å². The third kappa shape index (κ3) is 5.88. The summed E-state index contributed by atoms with van der Waals surface area (Å²) >= 11 is 0. The summed E-state index contributed by atoms with van der Waals surface area (Å²) in [6.45, 7) is 4.19. The molecular weight excluding hydrogens is 258 g/mol. The molecule has 2 amide bonds. The molecule has 0 spiro atoms. The highest BCUT2D eigenvalue weighted by Crippen LogP contribution is 2.18. The van der Waals surface area contributed by atoms with Crippen LogP contribution in [0.15, 0.2) is 0 Å². The molecule has 6 heteroatoms. The van der Waals surface area contributed by atoms with E-state index in [-0.39, 0.29) is 24.4 Å². The number of rotatable bonds is 7. The molecule has 0 saturated carbocycles. The van der Waals surface area contributed by atoms with Crippen molar-refractivity contribution in [2.75, 3.05) is 40.4 Å². The first-order chi connectivity index (χ1) is 9.54. The topological polar surface area (TPSA) is 70.7 Å². The molecule has 1 heterocycles. The molecule has 2 N–H and O–H groups in total. The van der Waals surface area contributed by atoms with Crippen molar-refractivity contribution in [3.05, 3.63) is 0 Å². The van der Waals surface area contributed by atoms with Crippen molar-refractivity contribution in [2.45, 2.75) is 32.2 Å². The summed E-state index contributed by atoms with van der Waals surface area (Å²) in [5, 5.41) is 6.09. The first-order valence-electron chi connectivity index (χ1n) is 7.27. The quantitative estimate of drug-likeness (QED) is 0.645. The Morgan fingerprint density at radius 1 is 1.45 bits per heavy atom. The van der Waals surface area contributed by atoms with Gasteiger partial charge in [-0.3, -0.25) is 9.59 Å². The summed E-state index contributed by atoms with van der Waals surface area (Å²) < 4.78 is 4.85. The number of amides is 2. The number of hydrogen-bond acceptors (Lipinski definition) is 4. The number of carbonyl (C=O) groups excluding carboxylic acids is 2. The molecule has 1 fully saturated rings. The van der Waals surface area contributed by atoms with E-state index in [1.807, 2.05) is 0 Å². The van der Waals surface area contributed by atoms with Crippen LogP contribution in [0.4, 0.5) is 0 Å². The second kappa shape index (κ2) is 8.92. The van der Waals surface area contributed by atoms with Gasteiger partial charge in [-0.1, -0.05) is 6.92 Å². The number of nitrogens with zero attached hydrogens (tertiary/aromatic N) is 1. The maximum absolute atomic E-state index is 12.1. The second-order valence-corrected chi connectivity index (χ2v) is 5.48. The molecule has 2 atom stereocenters. The zero-order valence-corrected chi connectivity index (χ0v) is 12.8. The number of carbonyl (C=O) groups is 2. The van der Waals surface area contributed by atoms with Crippen LogP contribution in [-0.4, -0.2) is 63.2 Å². The van der Waals surface area contributed by atoms with Crippen LogP contribution in [-0.2, 0) is 14.3 Å². The van der Waals surface area contributed by atoms with Gasteiger partial charge >= 0.3 is 0 Å². The lowest BCUT2D eigenvalue weighted by Gasteiger charge is -2.30. The van der Waals surface area contributed by atoms with Crippen molar-refractivity contribution in [1.82, 2.24) is 15.5 Å². The van der Waals surface area contributed by atoms with Gasteiger partial charge in [-0.05, 0) is 25.3 Å². The fraction of sp³-hybridized carbons (Fsp3) is 0.857. The largest absolute Gasteiger partial charge is 0.383 e. The third-order valence-electron chi connectivity index (χ3n) is 3.76. The van der Waals surface area contributed by atoms with Crippen molar-refractivity contribution in [1.29, 1.82) is 0 Å². The SMILES string of the molecule is COCCNC(=O)CN(C)C(=O)CC1NCCCC1C. The van der Waals surface area contributed by atoms with Gasteiger partial charge in [-0.25, -0.2) is 0 Å². The van der Waals surface area contributed by atoms with Gasteiger partial charge in [0.1, 0.15) is 0 Å². The smallest absolute Gasteiger partial charge is 0.239 e. The van der Waals surface area contributed by atoms with Gasteiger partial charge in [0.15, 0.2) is 0 Å². The minimum Gasteiger partial charge on any atom is -0.383 e. The van der Waals surface area contributed by atoms with Crippen molar-refractivity contribution in [3.8, 4) is 0 Å². The van der Waals surface area contributed by atoms with E-state index in [9.17, 15) is 9.59 Å². The molecule has 0 aromatic carbocycles. The standard InChI is InChI=1S/C14H27N3O3/c1-11-5-4-6-15-12(11)9-14(19)17(2)10-13(18)16-7-8-20-3/h11-12,15H,4-10H2,1-3H3,(H,16,18). The fourth-order valence-electron chi connectivity index (χ4n) is 2.38. The normalized spacial score (nSPS) is 22.4. The molecule has 2 unspecified atom stereocenters. The van der Waals surface area contributed by atoms with Crippen LogP contribution in [0.2, 0.25) is 0 Å². The van der Waals surface area contributed by atoms with Crippen molar-refractivity contribution >= 4 is 11.8 Å². The van der Waals surface area contributed by atoms with E-state index in [1.54, 1.807) is 14.2 Å². The molecule has 20 heavy (non-hydrogen) atoms. The zero-order chi connectivity index (χ0) is 15.0. The van der Waals surface area contributed by atoms with Crippen LogP contribution in [0.1, 0.15) is 26.2 Å². The molecule has 0 radical (unpaired) electrons. The van der Waals surface area contributed by atoms with Gasteiger partial charge in [0, 0.05) is 33.2 Å². The Kier molecular flexibility index (Phi) is 7.54. The zero-order valence-electron chi connectivity index (χ0n) is 12.8. The lowest BCUT2D eigenvalue weighted by molar-refractivity contribution is -0.135.